The first-order valence-corrected chi connectivity index (χ1v) is 10.9. The number of morpholine rings is 1. The molecule has 8 heteroatoms. The van der Waals surface area contributed by atoms with Crippen molar-refractivity contribution in [2.75, 3.05) is 47.2 Å². The number of ether oxygens (including phenoxy) is 1. The number of nitrogens with zero attached hydrogens (tertiary/aromatic N) is 1. The summed E-state index contributed by atoms with van der Waals surface area (Å²) in [6, 6.07) is 18.3. The van der Waals surface area contributed by atoms with Crippen LogP contribution < -0.4 is 20.9 Å². The second-order valence-corrected chi connectivity index (χ2v) is 8.25. The van der Waals surface area contributed by atoms with Crippen LogP contribution in [0.4, 0.5) is 26.9 Å². The molecule has 0 aliphatic carbocycles. The van der Waals surface area contributed by atoms with Gasteiger partial charge >= 0.3 is 6.03 Å². The minimum Gasteiger partial charge on any atom is -0.378 e. The molecule has 1 fully saturated rings. The summed E-state index contributed by atoms with van der Waals surface area (Å²) >= 11 is 1.22. The van der Waals surface area contributed by atoms with Crippen LogP contribution in [0.15, 0.2) is 60.7 Å². The molecule has 0 radical (unpaired) electrons. The second kappa shape index (κ2) is 9.63. The van der Waals surface area contributed by atoms with Gasteiger partial charge in [0.05, 0.1) is 23.1 Å². The van der Waals surface area contributed by atoms with Gasteiger partial charge in [0.1, 0.15) is 0 Å². The largest absolute Gasteiger partial charge is 0.378 e. The fourth-order valence-electron chi connectivity index (χ4n) is 3.31. The number of carbonyl (C=O) groups excluding carboxylic acids is 2. The Bertz CT molecular complexity index is 1060. The molecule has 0 unspecified atom stereocenters. The number of benzene rings is 2. The highest BCUT2D eigenvalue weighted by atomic mass is 32.1. The van der Waals surface area contributed by atoms with Crippen LogP contribution in [-0.2, 0) is 4.74 Å². The Morgan fingerprint density at radius 3 is 2.45 bits per heavy atom. The number of amides is 3. The zero-order chi connectivity index (χ0) is 21.6. The van der Waals surface area contributed by atoms with E-state index < -0.39 is 0 Å². The molecule has 0 atom stereocenters. The zero-order valence-corrected chi connectivity index (χ0v) is 18.0. The monoisotopic (exact) mass is 436 g/mol. The third-order valence-corrected chi connectivity index (χ3v) is 5.93. The SMILES string of the molecule is Cc1cc(N2CCOCC2)ccc1NC(=O)c1ccc(NC(=O)Nc2ccccc2)s1. The van der Waals surface area contributed by atoms with Crippen molar-refractivity contribution in [3.05, 3.63) is 71.1 Å². The highest BCUT2D eigenvalue weighted by molar-refractivity contribution is 7.18. The molecule has 3 aromatic rings. The first-order valence-electron chi connectivity index (χ1n) is 10.1. The van der Waals surface area contributed by atoms with Gasteiger partial charge in [0.25, 0.3) is 5.91 Å². The standard InChI is InChI=1S/C23H24N4O3S/c1-16-15-18(27-11-13-30-14-12-27)7-8-19(16)25-22(28)20-9-10-21(31-20)26-23(29)24-17-5-3-2-4-6-17/h2-10,15H,11-14H2,1H3,(H,25,28)(H2,24,26,29). The number of urea groups is 1. The molecule has 7 nitrogen and oxygen atoms in total. The highest BCUT2D eigenvalue weighted by Crippen LogP contribution is 2.26. The Kier molecular flexibility index (Phi) is 6.49. The van der Waals surface area contributed by atoms with Gasteiger partial charge in [-0.1, -0.05) is 18.2 Å². The van der Waals surface area contributed by atoms with Crippen molar-refractivity contribution < 1.29 is 14.3 Å². The number of aryl methyl sites for hydroxylation is 1. The van der Waals surface area contributed by atoms with Crippen LogP contribution in [0.3, 0.4) is 0 Å². The van der Waals surface area contributed by atoms with E-state index >= 15 is 0 Å². The normalized spacial score (nSPS) is 13.5. The van der Waals surface area contributed by atoms with Crippen LogP contribution in [0.25, 0.3) is 0 Å². The molecule has 160 valence electrons. The van der Waals surface area contributed by atoms with Crippen molar-refractivity contribution in [3.63, 3.8) is 0 Å². The van der Waals surface area contributed by atoms with E-state index in [1.807, 2.05) is 37.3 Å². The number of hydrogen-bond acceptors (Lipinski definition) is 5. The summed E-state index contributed by atoms with van der Waals surface area (Å²) in [7, 11) is 0. The maximum Gasteiger partial charge on any atom is 0.324 e. The number of nitrogens with one attached hydrogen (secondary N) is 3. The second-order valence-electron chi connectivity index (χ2n) is 7.16. The first kappa shape index (κ1) is 20.9. The smallest absolute Gasteiger partial charge is 0.324 e. The summed E-state index contributed by atoms with van der Waals surface area (Å²) in [5.74, 6) is -0.205. The van der Waals surface area contributed by atoms with Gasteiger partial charge in [0, 0.05) is 30.2 Å². The van der Waals surface area contributed by atoms with E-state index in [1.165, 1.54) is 11.3 Å². The molecule has 1 aromatic heterocycles. The third-order valence-electron chi connectivity index (χ3n) is 4.93. The third kappa shape index (κ3) is 5.42. The van der Waals surface area contributed by atoms with Gasteiger partial charge in [0.15, 0.2) is 0 Å². The summed E-state index contributed by atoms with van der Waals surface area (Å²) in [5.41, 5.74) is 3.59. The van der Waals surface area contributed by atoms with E-state index in [2.05, 4.69) is 26.9 Å². The lowest BCUT2D eigenvalue weighted by Crippen LogP contribution is -2.36. The van der Waals surface area contributed by atoms with E-state index in [1.54, 1.807) is 24.3 Å². The van der Waals surface area contributed by atoms with Gasteiger partial charge in [-0.2, -0.15) is 0 Å². The molecule has 1 aliphatic rings. The lowest BCUT2D eigenvalue weighted by Gasteiger charge is -2.29. The predicted octanol–water partition coefficient (Wildman–Crippen LogP) is 4.79. The lowest BCUT2D eigenvalue weighted by atomic mass is 10.1. The number of rotatable bonds is 5. The van der Waals surface area contributed by atoms with E-state index in [0.29, 0.717) is 15.6 Å². The predicted molar refractivity (Wildman–Crippen MR) is 126 cm³/mol. The van der Waals surface area contributed by atoms with E-state index in [4.69, 9.17) is 4.74 Å². The van der Waals surface area contributed by atoms with Crippen molar-refractivity contribution in [1.82, 2.24) is 0 Å². The van der Waals surface area contributed by atoms with Crippen LogP contribution in [0, 0.1) is 6.92 Å². The van der Waals surface area contributed by atoms with Crippen molar-refractivity contribution in [2.45, 2.75) is 6.92 Å². The van der Waals surface area contributed by atoms with Crippen LogP contribution in [-0.4, -0.2) is 38.2 Å². The molecular weight excluding hydrogens is 412 g/mol. The van der Waals surface area contributed by atoms with Gasteiger partial charge < -0.3 is 20.3 Å². The van der Waals surface area contributed by atoms with Gasteiger partial charge in [-0.05, 0) is 55.0 Å². The van der Waals surface area contributed by atoms with Crippen LogP contribution in [0.5, 0.6) is 0 Å². The van der Waals surface area contributed by atoms with Crippen LogP contribution >= 0.6 is 11.3 Å². The Labute approximate surface area is 185 Å². The van der Waals surface area contributed by atoms with E-state index in [-0.39, 0.29) is 11.9 Å². The fraction of sp³-hybridized carbons (Fsp3) is 0.217. The number of para-hydroxylation sites is 1. The van der Waals surface area contributed by atoms with E-state index in [0.717, 1.165) is 43.2 Å². The fourth-order valence-corrected chi connectivity index (χ4v) is 4.11. The Hall–Kier alpha value is -3.36. The average molecular weight is 437 g/mol. The van der Waals surface area contributed by atoms with Crippen molar-refractivity contribution in [3.8, 4) is 0 Å². The maximum absolute atomic E-state index is 12.7. The van der Waals surface area contributed by atoms with Crippen molar-refractivity contribution in [2.24, 2.45) is 0 Å². The van der Waals surface area contributed by atoms with Gasteiger partial charge in [-0.3, -0.25) is 10.1 Å². The molecule has 2 aromatic carbocycles. The molecule has 31 heavy (non-hydrogen) atoms. The van der Waals surface area contributed by atoms with Crippen molar-refractivity contribution >= 4 is 45.3 Å². The molecular formula is C23H24N4O3S. The van der Waals surface area contributed by atoms with Crippen LogP contribution in [0.2, 0.25) is 0 Å². The quantitative estimate of drug-likeness (QED) is 0.537. The molecule has 3 amide bonds. The van der Waals surface area contributed by atoms with Crippen LogP contribution in [0.1, 0.15) is 15.2 Å². The zero-order valence-electron chi connectivity index (χ0n) is 17.2. The summed E-state index contributed by atoms with van der Waals surface area (Å²) < 4.78 is 5.40. The summed E-state index contributed by atoms with van der Waals surface area (Å²) in [4.78, 5) is 27.6. The number of thiophene rings is 1. The molecule has 3 N–H and O–H groups in total. The molecule has 0 bridgehead atoms. The highest BCUT2D eigenvalue weighted by Gasteiger charge is 2.15. The van der Waals surface area contributed by atoms with E-state index in [9.17, 15) is 9.59 Å². The lowest BCUT2D eigenvalue weighted by molar-refractivity contribution is 0.103. The number of hydrogen-bond donors (Lipinski definition) is 3. The number of anilines is 4. The molecule has 1 saturated heterocycles. The first-order chi connectivity index (χ1) is 15.1. The van der Waals surface area contributed by atoms with Crippen molar-refractivity contribution in [1.29, 1.82) is 0 Å². The Morgan fingerprint density at radius 1 is 0.935 bits per heavy atom. The molecule has 1 aliphatic heterocycles. The Morgan fingerprint density at radius 2 is 1.71 bits per heavy atom. The molecule has 4 rings (SSSR count). The topological polar surface area (TPSA) is 82.7 Å². The molecule has 2 heterocycles. The summed E-state index contributed by atoms with van der Waals surface area (Å²) in [6.07, 6.45) is 0. The molecule has 0 spiro atoms. The average Bonchev–Trinajstić information content (AvgIpc) is 3.25. The number of carbonyl (C=O) groups is 2. The summed E-state index contributed by atoms with van der Waals surface area (Å²) in [6.45, 7) is 5.18. The summed E-state index contributed by atoms with van der Waals surface area (Å²) in [5, 5.41) is 9.07. The van der Waals surface area contributed by atoms with Gasteiger partial charge in [0.2, 0.25) is 0 Å². The molecule has 0 saturated carbocycles. The van der Waals surface area contributed by atoms with Gasteiger partial charge in [-0.15, -0.1) is 11.3 Å². The Balaban J connectivity index is 1.36. The van der Waals surface area contributed by atoms with Gasteiger partial charge in [-0.25, -0.2) is 4.79 Å². The minimum atomic E-state index is -0.352. The maximum atomic E-state index is 12.7. The minimum absolute atomic E-state index is 0.205.